The Hall–Kier alpha value is -4.88. The molecule has 0 bridgehead atoms. The molecule has 2 aromatic heterocycles. The van der Waals surface area contributed by atoms with Crippen LogP contribution < -0.4 is 32.3 Å². The number of carbonyl (C=O) groups is 7. The highest BCUT2D eigenvalue weighted by Gasteiger charge is 2.29. The maximum Gasteiger partial charge on any atom is 0.325 e. The number of aromatic amines is 2. The molecule has 12 N–H and O–H groups in total. The summed E-state index contributed by atoms with van der Waals surface area (Å²) in [5.41, 5.74) is 2.87. The van der Waals surface area contributed by atoms with Gasteiger partial charge in [-0.1, -0.05) is 27.7 Å². The molecule has 0 aromatic carbocycles. The molecule has 0 spiro atoms. The van der Waals surface area contributed by atoms with E-state index in [0.717, 1.165) is 12.7 Å². The lowest BCUT2D eigenvalue weighted by Gasteiger charge is -2.22. The highest BCUT2D eigenvalue weighted by atomic mass is 35.5. The second kappa shape index (κ2) is 20.6. The number of amides is 4. The van der Waals surface area contributed by atoms with E-state index in [1.807, 2.05) is 27.7 Å². The summed E-state index contributed by atoms with van der Waals surface area (Å²) in [5.74, 6) is -6.04. The number of H-pyrrole nitrogens is 2. The number of halogens is 1. The van der Waals surface area contributed by atoms with Crippen molar-refractivity contribution in [1.29, 1.82) is 0 Å². The zero-order valence-corrected chi connectivity index (χ0v) is 29.4. The van der Waals surface area contributed by atoms with E-state index in [4.69, 9.17) is 5.11 Å². The van der Waals surface area contributed by atoms with Gasteiger partial charge in [0.1, 0.15) is 17.4 Å². The topological polar surface area (TPSA) is 305 Å². The van der Waals surface area contributed by atoms with E-state index in [2.05, 4.69) is 52.3 Å². The number of Topliss-reactive ketones (excluding diaryl/α,β-unsaturated/α-hetero) is 1. The minimum atomic E-state index is -1.47. The van der Waals surface area contributed by atoms with E-state index in [9.17, 15) is 38.7 Å². The number of nitrogens with one attached hydrogen (secondary N) is 7. The smallest absolute Gasteiger partial charge is 0.325 e. The molecular formula is C30H48ClN10O9+. The fraction of sp³-hybridized carbons (Fsp3) is 0.567. The Kier molecular flexibility index (Phi) is 17.8. The van der Waals surface area contributed by atoms with Gasteiger partial charge in [-0.05, 0) is 31.6 Å². The lowest BCUT2D eigenvalue weighted by molar-refractivity contribution is -0.373. The van der Waals surface area contributed by atoms with Crippen molar-refractivity contribution in [2.24, 2.45) is 11.8 Å². The first-order valence-electron chi connectivity index (χ1n) is 15.8. The molecule has 278 valence electrons. The molecule has 0 aliphatic rings. The predicted octanol–water partition coefficient (Wildman–Crippen LogP) is -1.28. The number of aliphatic carboxylic acids is 2. The maximum atomic E-state index is 13.1. The minimum absolute atomic E-state index is 0. The van der Waals surface area contributed by atoms with Gasteiger partial charge in [-0.25, -0.2) is 9.97 Å². The monoisotopic (exact) mass is 727 g/mol. The summed E-state index contributed by atoms with van der Waals surface area (Å²) in [6.07, 6.45) is 2.60. The third kappa shape index (κ3) is 13.6. The summed E-state index contributed by atoms with van der Waals surface area (Å²) < 4.78 is 0. The van der Waals surface area contributed by atoms with Crippen molar-refractivity contribution >= 4 is 53.8 Å². The fourth-order valence-electron chi connectivity index (χ4n) is 4.84. The van der Waals surface area contributed by atoms with Crippen molar-refractivity contribution in [3.8, 4) is 0 Å². The fourth-order valence-corrected chi connectivity index (χ4v) is 4.84. The quantitative estimate of drug-likeness (QED) is 0.0719. The zero-order chi connectivity index (χ0) is 36.8. The number of imidazole rings is 2. The number of hydrogen-bond acceptors (Lipinski definition) is 10. The average Bonchev–Trinajstić information content (AvgIpc) is 3.70. The number of ketones is 1. The van der Waals surface area contributed by atoms with Gasteiger partial charge < -0.3 is 52.5 Å². The molecule has 19 nitrogen and oxygen atoms in total. The molecule has 0 radical (unpaired) electrons. The van der Waals surface area contributed by atoms with Crippen molar-refractivity contribution in [2.75, 3.05) is 19.6 Å². The summed E-state index contributed by atoms with van der Waals surface area (Å²) in [5, 5.41) is 31.5. The molecule has 0 fully saturated rings. The first kappa shape index (κ1) is 43.1. The number of nitrogens with zero attached hydrogens (tertiary/aromatic N) is 2. The van der Waals surface area contributed by atoms with Crippen LogP contribution in [0.5, 0.6) is 0 Å². The van der Waals surface area contributed by atoms with Crippen LogP contribution in [-0.2, 0) is 14.4 Å². The van der Waals surface area contributed by atoms with Gasteiger partial charge in [0.15, 0.2) is 17.2 Å². The summed E-state index contributed by atoms with van der Waals surface area (Å²) >= 11 is 0. The molecule has 0 unspecified atom stereocenters. The summed E-state index contributed by atoms with van der Waals surface area (Å²) in [4.78, 5) is 100. The minimum Gasteiger partial charge on any atom is -0.481 e. The third-order valence-electron chi connectivity index (χ3n) is 7.17. The van der Waals surface area contributed by atoms with E-state index in [-0.39, 0.29) is 66.1 Å². The standard InChI is InChI=1S/C30H46N10O9.ClH/c1-14(2)6-17(9-31)38-27(45)24-25(36-13-35-24)29(47)40-19(8-21(42)43)20(41)11-32-10-18(7-15(3)4)39-28(46)23-22(33-12-34-23)26(44)37-16(5)30(48)49;/h12-19,32H,6-11,31H2,1-5H3,(H,33,34)(H,35,36)(H,37,44)(H,38,45)(H,39,46)(H,40,47)(H,42,43)(H,48,49);1H/p+1/t16-,17-,18-,19-;/m0./s1. The Balaban J connectivity index is 0.0000125. The van der Waals surface area contributed by atoms with E-state index < -0.39 is 65.9 Å². The zero-order valence-electron chi connectivity index (χ0n) is 28.6. The molecule has 0 saturated carbocycles. The van der Waals surface area contributed by atoms with Crippen LogP contribution in [-0.4, -0.2) is 115 Å². The van der Waals surface area contributed by atoms with Gasteiger partial charge in [0.2, 0.25) is 0 Å². The van der Waals surface area contributed by atoms with Gasteiger partial charge in [0.25, 0.3) is 23.6 Å². The van der Waals surface area contributed by atoms with Crippen molar-refractivity contribution in [3.63, 3.8) is 0 Å². The molecule has 2 rings (SSSR count). The highest BCUT2D eigenvalue weighted by molar-refractivity contribution is 6.07. The van der Waals surface area contributed by atoms with Crippen LogP contribution in [0.2, 0.25) is 0 Å². The lowest BCUT2D eigenvalue weighted by atomic mass is 10.0. The first-order chi connectivity index (χ1) is 23.0. The molecule has 4 atom stereocenters. The molecule has 2 heterocycles. The van der Waals surface area contributed by atoms with Crippen LogP contribution in [0.15, 0.2) is 12.7 Å². The number of hydrogen-bond donors (Lipinski definition) is 10. The van der Waals surface area contributed by atoms with Crippen LogP contribution >= 0.6 is 12.4 Å². The van der Waals surface area contributed by atoms with Crippen molar-refractivity contribution in [1.82, 2.24) is 46.5 Å². The highest BCUT2D eigenvalue weighted by Crippen LogP contribution is 2.10. The third-order valence-corrected chi connectivity index (χ3v) is 7.17. The molecule has 0 aliphatic heterocycles. The molecule has 2 aromatic rings. The maximum absolute atomic E-state index is 13.1. The van der Waals surface area contributed by atoms with Gasteiger partial charge in [-0.2, -0.15) is 0 Å². The lowest BCUT2D eigenvalue weighted by Crippen LogP contribution is -2.60. The van der Waals surface area contributed by atoms with Gasteiger partial charge in [0, 0.05) is 12.6 Å². The molecule has 0 aliphatic carbocycles. The van der Waals surface area contributed by atoms with E-state index in [1.54, 1.807) is 0 Å². The predicted molar refractivity (Wildman–Crippen MR) is 180 cm³/mol. The number of carbonyl (C=O) groups excluding carboxylic acids is 5. The number of carboxylic acids is 2. The van der Waals surface area contributed by atoms with Gasteiger partial charge in [0.05, 0.1) is 44.2 Å². The summed E-state index contributed by atoms with van der Waals surface area (Å²) in [6, 6.07) is -3.53. The van der Waals surface area contributed by atoms with Crippen LogP contribution in [0.1, 0.15) is 95.8 Å². The van der Waals surface area contributed by atoms with Crippen molar-refractivity contribution in [3.05, 3.63) is 35.4 Å². The molecule has 20 heteroatoms. The van der Waals surface area contributed by atoms with Gasteiger partial charge in [-0.3, -0.25) is 33.6 Å². The molecular weight excluding hydrogens is 680 g/mol. The number of rotatable bonds is 21. The van der Waals surface area contributed by atoms with Gasteiger partial charge >= 0.3 is 11.9 Å². The van der Waals surface area contributed by atoms with Gasteiger partial charge in [-0.15, -0.1) is 12.4 Å². The Bertz CT molecular complexity index is 1490. The largest absolute Gasteiger partial charge is 0.481 e. The Morgan fingerprint density at radius 1 is 0.740 bits per heavy atom. The molecule has 4 amide bonds. The Morgan fingerprint density at radius 2 is 1.22 bits per heavy atom. The normalized spacial score (nSPS) is 13.4. The van der Waals surface area contributed by atoms with Crippen LogP contribution in [0, 0.1) is 11.8 Å². The number of aromatic nitrogens is 4. The van der Waals surface area contributed by atoms with E-state index in [0.29, 0.717) is 19.4 Å². The Morgan fingerprint density at radius 3 is 1.68 bits per heavy atom. The second-order valence-electron chi connectivity index (χ2n) is 12.4. The van der Waals surface area contributed by atoms with E-state index in [1.165, 1.54) is 6.92 Å². The van der Waals surface area contributed by atoms with Crippen LogP contribution in [0.4, 0.5) is 0 Å². The van der Waals surface area contributed by atoms with Crippen LogP contribution in [0.25, 0.3) is 0 Å². The summed E-state index contributed by atoms with van der Waals surface area (Å²) in [7, 11) is 0. The number of carboxylic acid groups (broad SMARTS) is 2. The van der Waals surface area contributed by atoms with Crippen molar-refractivity contribution in [2.45, 2.75) is 78.0 Å². The van der Waals surface area contributed by atoms with E-state index >= 15 is 0 Å². The molecule has 50 heavy (non-hydrogen) atoms. The SMILES string of the molecule is CC(C)C[C@@H](CNCC(=O)[C@H](CC(=O)O)NC(=O)c1[nH]cnc1C(=O)N[C@H](C[NH3+])CC(C)C)NC(=O)c1nc[nH]c1C(=O)N[C@@H](C)C(=O)O.Cl. The molecule has 0 saturated heterocycles. The average molecular weight is 728 g/mol. The second-order valence-corrected chi connectivity index (χ2v) is 12.4. The number of quaternary nitrogens is 1. The summed E-state index contributed by atoms with van der Waals surface area (Å²) in [6.45, 7) is 9.11. The first-order valence-corrected chi connectivity index (χ1v) is 15.8. The van der Waals surface area contributed by atoms with Crippen LogP contribution in [0.3, 0.4) is 0 Å². The Labute approximate surface area is 294 Å². The van der Waals surface area contributed by atoms with Crippen molar-refractivity contribution < 1.29 is 49.5 Å².